The number of nitrogens with zero attached hydrogens (tertiary/aromatic N) is 2. The van der Waals surface area contributed by atoms with Crippen LogP contribution < -0.4 is 0 Å². The van der Waals surface area contributed by atoms with Crippen molar-refractivity contribution in [3.05, 3.63) is 47.0 Å². The lowest BCUT2D eigenvalue weighted by Gasteiger charge is -2.03. The summed E-state index contributed by atoms with van der Waals surface area (Å²) in [5.74, 6) is 0.442. The first-order valence-electron chi connectivity index (χ1n) is 4.15. The lowest BCUT2D eigenvalue weighted by molar-refractivity contribution is 1.05. The second kappa shape index (κ2) is 4.15. The highest BCUT2D eigenvalue weighted by atomic mass is 79.9. The number of benzene rings is 1. The fourth-order valence-corrected chi connectivity index (χ4v) is 1.85. The third kappa shape index (κ3) is 1.83. The number of alkyl halides is 1. The van der Waals surface area contributed by atoms with E-state index in [0.29, 0.717) is 5.88 Å². The van der Waals surface area contributed by atoms with E-state index < -0.39 is 0 Å². The van der Waals surface area contributed by atoms with Crippen LogP contribution in [-0.2, 0) is 5.88 Å². The summed E-state index contributed by atoms with van der Waals surface area (Å²) in [6, 6.07) is 7.98. The van der Waals surface area contributed by atoms with Crippen LogP contribution >= 0.6 is 27.5 Å². The zero-order chi connectivity index (χ0) is 9.97. The van der Waals surface area contributed by atoms with Crippen molar-refractivity contribution < 1.29 is 0 Å². The number of para-hydroxylation sites is 1. The van der Waals surface area contributed by atoms with Gasteiger partial charge in [0, 0.05) is 10.7 Å². The third-order valence-electron chi connectivity index (χ3n) is 1.90. The maximum atomic E-state index is 5.68. The van der Waals surface area contributed by atoms with E-state index in [1.165, 1.54) is 0 Å². The summed E-state index contributed by atoms with van der Waals surface area (Å²) >= 11 is 9.16. The Bertz CT molecular complexity index is 439. The fourth-order valence-electron chi connectivity index (χ4n) is 1.23. The summed E-state index contributed by atoms with van der Waals surface area (Å²) < 4.78 is 2.99. The van der Waals surface area contributed by atoms with Crippen LogP contribution in [0.25, 0.3) is 5.69 Å². The Morgan fingerprint density at radius 2 is 2.14 bits per heavy atom. The van der Waals surface area contributed by atoms with Gasteiger partial charge in [0.15, 0.2) is 0 Å². The minimum atomic E-state index is 0.442. The summed E-state index contributed by atoms with van der Waals surface area (Å²) in [6.45, 7) is 0. The molecule has 0 saturated carbocycles. The van der Waals surface area contributed by atoms with Crippen LogP contribution in [0.4, 0.5) is 0 Å². The van der Waals surface area contributed by atoms with Gasteiger partial charge in [0.05, 0.1) is 23.6 Å². The van der Waals surface area contributed by atoms with Crippen molar-refractivity contribution in [1.29, 1.82) is 0 Å². The van der Waals surface area contributed by atoms with Crippen molar-refractivity contribution in [2.45, 2.75) is 5.88 Å². The number of hydrogen-bond acceptors (Lipinski definition) is 1. The van der Waals surface area contributed by atoms with Crippen LogP contribution in [-0.4, -0.2) is 9.55 Å². The molecule has 72 valence electrons. The maximum absolute atomic E-state index is 5.68. The second-order valence-electron chi connectivity index (χ2n) is 2.86. The Hall–Kier alpha value is -0.800. The van der Waals surface area contributed by atoms with Gasteiger partial charge in [0.25, 0.3) is 0 Å². The molecule has 0 unspecified atom stereocenters. The van der Waals surface area contributed by atoms with Gasteiger partial charge in [-0.1, -0.05) is 12.1 Å². The Balaban J connectivity index is 2.44. The molecule has 0 fully saturated rings. The molecule has 0 atom stereocenters. The van der Waals surface area contributed by atoms with E-state index in [4.69, 9.17) is 11.6 Å². The molecular weight excluding hydrogens is 263 g/mol. The molecule has 0 aliphatic rings. The number of imidazole rings is 1. The van der Waals surface area contributed by atoms with Gasteiger partial charge in [-0.15, -0.1) is 11.6 Å². The van der Waals surface area contributed by atoms with E-state index in [1.807, 2.05) is 35.0 Å². The first kappa shape index (κ1) is 9.74. The van der Waals surface area contributed by atoms with Crippen molar-refractivity contribution in [1.82, 2.24) is 9.55 Å². The van der Waals surface area contributed by atoms with Crippen LogP contribution in [0.1, 0.15) is 5.69 Å². The molecule has 0 aliphatic carbocycles. The zero-order valence-electron chi connectivity index (χ0n) is 7.32. The monoisotopic (exact) mass is 270 g/mol. The number of halogens is 2. The summed E-state index contributed by atoms with van der Waals surface area (Å²) in [5.41, 5.74) is 1.94. The fraction of sp³-hybridized carbons (Fsp3) is 0.100. The Labute approximate surface area is 95.7 Å². The molecule has 0 saturated heterocycles. The smallest absolute Gasteiger partial charge is 0.0996 e. The molecule has 1 heterocycles. The first-order valence-corrected chi connectivity index (χ1v) is 5.48. The molecule has 2 nitrogen and oxygen atoms in total. The average Bonchev–Trinajstić information content (AvgIpc) is 2.67. The van der Waals surface area contributed by atoms with Gasteiger partial charge in [-0.05, 0) is 28.1 Å². The molecule has 0 spiro atoms. The van der Waals surface area contributed by atoms with E-state index >= 15 is 0 Å². The van der Waals surface area contributed by atoms with Crippen molar-refractivity contribution in [3.8, 4) is 5.69 Å². The summed E-state index contributed by atoms with van der Waals surface area (Å²) in [7, 11) is 0. The Kier molecular flexibility index (Phi) is 2.89. The van der Waals surface area contributed by atoms with E-state index in [9.17, 15) is 0 Å². The topological polar surface area (TPSA) is 17.8 Å². The third-order valence-corrected chi connectivity index (χ3v) is 2.85. The molecule has 14 heavy (non-hydrogen) atoms. The van der Waals surface area contributed by atoms with Gasteiger partial charge < -0.3 is 4.57 Å². The molecule has 0 amide bonds. The van der Waals surface area contributed by atoms with Gasteiger partial charge in [-0.25, -0.2) is 4.98 Å². The van der Waals surface area contributed by atoms with Crippen LogP contribution in [0.3, 0.4) is 0 Å². The molecular formula is C10H8BrClN2. The van der Waals surface area contributed by atoms with Crippen LogP contribution in [0.5, 0.6) is 0 Å². The summed E-state index contributed by atoms with van der Waals surface area (Å²) in [6.07, 6.45) is 3.69. The highest BCUT2D eigenvalue weighted by Gasteiger charge is 2.02. The van der Waals surface area contributed by atoms with Crippen molar-refractivity contribution in [2.24, 2.45) is 0 Å². The Morgan fingerprint density at radius 1 is 1.36 bits per heavy atom. The van der Waals surface area contributed by atoms with Crippen molar-refractivity contribution in [3.63, 3.8) is 0 Å². The normalized spacial score (nSPS) is 10.4. The lowest BCUT2D eigenvalue weighted by atomic mass is 10.3. The lowest BCUT2D eigenvalue weighted by Crippen LogP contribution is -1.90. The number of hydrogen-bond donors (Lipinski definition) is 0. The summed E-state index contributed by atoms with van der Waals surface area (Å²) in [4.78, 5) is 4.16. The summed E-state index contributed by atoms with van der Waals surface area (Å²) in [5, 5.41) is 0. The predicted octanol–water partition coefficient (Wildman–Crippen LogP) is 3.37. The minimum Gasteiger partial charge on any atom is -0.305 e. The van der Waals surface area contributed by atoms with Gasteiger partial charge in [0.1, 0.15) is 0 Å². The first-order chi connectivity index (χ1) is 6.81. The van der Waals surface area contributed by atoms with Crippen LogP contribution in [0.15, 0.2) is 41.3 Å². The molecule has 0 aliphatic heterocycles. The molecule has 0 bridgehead atoms. The molecule has 2 rings (SSSR count). The molecule has 1 aromatic heterocycles. The molecule has 2 aromatic rings. The molecule has 0 N–H and O–H groups in total. The van der Waals surface area contributed by atoms with Crippen LogP contribution in [0.2, 0.25) is 0 Å². The standard InChI is InChI=1S/C10H8BrClN2/c11-9-3-1-2-4-10(9)14-6-8(5-12)13-7-14/h1-4,6-7H,5H2. The molecule has 0 radical (unpaired) electrons. The predicted molar refractivity (Wildman–Crippen MR) is 60.8 cm³/mol. The molecule has 4 heteroatoms. The number of rotatable bonds is 2. The Morgan fingerprint density at radius 3 is 2.79 bits per heavy atom. The SMILES string of the molecule is ClCc1cn(-c2ccccc2Br)cn1. The largest absolute Gasteiger partial charge is 0.305 e. The van der Waals surface area contributed by atoms with Gasteiger partial charge in [-0.2, -0.15) is 0 Å². The second-order valence-corrected chi connectivity index (χ2v) is 3.98. The zero-order valence-corrected chi connectivity index (χ0v) is 9.66. The van der Waals surface area contributed by atoms with Gasteiger partial charge in [-0.3, -0.25) is 0 Å². The maximum Gasteiger partial charge on any atom is 0.0996 e. The van der Waals surface area contributed by atoms with E-state index in [1.54, 1.807) is 6.33 Å². The highest BCUT2D eigenvalue weighted by Crippen LogP contribution is 2.20. The van der Waals surface area contributed by atoms with Gasteiger partial charge >= 0.3 is 0 Å². The number of aromatic nitrogens is 2. The average molecular weight is 272 g/mol. The van der Waals surface area contributed by atoms with Crippen LogP contribution in [0, 0.1) is 0 Å². The van der Waals surface area contributed by atoms with E-state index in [0.717, 1.165) is 15.9 Å². The van der Waals surface area contributed by atoms with Crippen molar-refractivity contribution >= 4 is 27.5 Å². The van der Waals surface area contributed by atoms with Gasteiger partial charge in [0.2, 0.25) is 0 Å². The van der Waals surface area contributed by atoms with Crippen molar-refractivity contribution in [2.75, 3.05) is 0 Å². The molecule has 1 aromatic carbocycles. The minimum absolute atomic E-state index is 0.442. The quantitative estimate of drug-likeness (QED) is 0.766. The van der Waals surface area contributed by atoms with E-state index in [2.05, 4.69) is 20.9 Å². The highest BCUT2D eigenvalue weighted by molar-refractivity contribution is 9.10. The van der Waals surface area contributed by atoms with E-state index in [-0.39, 0.29) is 0 Å².